The van der Waals surface area contributed by atoms with Crippen molar-refractivity contribution in [3.63, 3.8) is 0 Å². The predicted octanol–water partition coefficient (Wildman–Crippen LogP) is 2.83. The van der Waals surface area contributed by atoms with Gasteiger partial charge in [0.05, 0.1) is 18.4 Å². The highest BCUT2D eigenvalue weighted by atomic mass is 16.5. The molecule has 28 heavy (non-hydrogen) atoms. The zero-order valence-corrected chi connectivity index (χ0v) is 14.9. The topological polar surface area (TPSA) is 98.5 Å². The molecule has 138 valence electrons. The van der Waals surface area contributed by atoms with Gasteiger partial charge in [0.2, 0.25) is 0 Å². The molecule has 0 radical (unpaired) electrons. The summed E-state index contributed by atoms with van der Waals surface area (Å²) >= 11 is 0. The van der Waals surface area contributed by atoms with E-state index in [1.165, 1.54) is 7.11 Å². The van der Waals surface area contributed by atoms with Crippen molar-refractivity contribution in [3.05, 3.63) is 78.1 Å². The van der Waals surface area contributed by atoms with Gasteiger partial charge in [-0.05, 0) is 30.3 Å². The largest absolute Gasteiger partial charge is 0.465 e. The maximum Gasteiger partial charge on any atom is 0.339 e. The molecule has 0 unspecified atom stereocenters. The molecule has 0 aliphatic rings. The lowest BCUT2D eigenvalue weighted by molar-refractivity contribution is 0.0602. The highest BCUT2D eigenvalue weighted by Crippen LogP contribution is 2.20. The van der Waals surface area contributed by atoms with E-state index in [0.717, 1.165) is 5.56 Å². The molecule has 0 bridgehead atoms. The summed E-state index contributed by atoms with van der Waals surface area (Å²) in [5.41, 5.74) is 1.91. The third-order valence-electron chi connectivity index (χ3n) is 4.17. The van der Waals surface area contributed by atoms with Crippen LogP contribution in [0.15, 0.2) is 67.0 Å². The Morgan fingerprint density at radius 2 is 1.79 bits per heavy atom. The molecule has 0 spiro atoms. The van der Waals surface area contributed by atoms with Crippen molar-refractivity contribution in [2.75, 3.05) is 12.4 Å². The van der Waals surface area contributed by atoms with Crippen LogP contribution in [-0.2, 0) is 4.74 Å². The van der Waals surface area contributed by atoms with Crippen LogP contribution in [0.25, 0.3) is 17.2 Å². The van der Waals surface area contributed by atoms with E-state index in [4.69, 9.17) is 4.74 Å². The standard InChI is InChI=1S/C20H15N5O3/c1-28-19(27)15-5-2-3-6-16(15)22-18(26)14-9-7-13(8-10-14)17-23-24-20-21-11-4-12-25(17)20/h2-12H,1H3,(H,22,26). The van der Waals surface area contributed by atoms with Crippen LogP contribution >= 0.6 is 0 Å². The van der Waals surface area contributed by atoms with E-state index in [1.54, 1.807) is 65.2 Å². The van der Waals surface area contributed by atoms with Crippen molar-refractivity contribution in [2.45, 2.75) is 0 Å². The fourth-order valence-corrected chi connectivity index (χ4v) is 2.78. The number of nitrogens with one attached hydrogen (secondary N) is 1. The van der Waals surface area contributed by atoms with E-state index in [2.05, 4.69) is 20.5 Å². The minimum absolute atomic E-state index is 0.289. The van der Waals surface area contributed by atoms with Crippen molar-refractivity contribution in [3.8, 4) is 11.4 Å². The van der Waals surface area contributed by atoms with Gasteiger partial charge >= 0.3 is 5.97 Å². The molecule has 2 aromatic heterocycles. The Morgan fingerprint density at radius 3 is 2.57 bits per heavy atom. The summed E-state index contributed by atoms with van der Waals surface area (Å²) in [6.07, 6.45) is 3.47. The van der Waals surface area contributed by atoms with Crippen LogP contribution in [0.4, 0.5) is 5.69 Å². The fraction of sp³-hybridized carbons (Fsp3) is 0.0500. The van der Waals surface area contributed by atoms with Gasteiger partial charge in [0.15, 0.2) is 5.82 Å². The lowest BCUT2D eigenvalue weighted by atomic mass is 10.1. The quantitative estimate of drug-likeness (QED) is 0.552. The number of benzene rings is 2. The van der Waals surface area contributed by atoms with Crippen LogP contribution < -0.4 is 5.32 Å². The van der Waals surface area contributed by atoms with Crippen molar-refractivity contribution in [1.29, 1.82) is 0 Å². The number of anilines is 1. The Labute approximate surface area is 159 Å². The molecule has 8 nitrogen and oxygen atoms in total. The molecule has 2 aromatic carbocycles. The smallest absolute Gasteiger partial charge is 0.339 e. The molecule has 0 saturated heterocycles. The average Bonchev–Trinajstić information content (AvgIpc) is 3.18. The molecule has 0 aliphatic heterocycles. The van der Waals surface area contributed by atoms with E-state index < -0.39 is 5.97 Å². The molecular weight excluding hydrogens is 358 g/mol. The number of para-hydroxylation sites is 1. The van der Waals surface area contributed by atoms with Gasteiger partial charge in [0.25, 0.3) is 11.7 Å². The molecule has 4 aromatic rings. The number of aromatic nitrogens is 4. The summed E-state index contributed by atoms with van der Waals surface area (Å²) in [5, 5.41) is 10.9. The summed E-state index contributed by atoms with van der Waals surface area (Å²) in [5.74, 6) is 0.277. The van der Waals surface area contributed by atoms with E-state index >= 15 is 0 Å². The van der Waals surface area contributed by atoms with Gasteiger partial charge in [0, 0.05) is 23.5 Å². The average molecular weight is 373 g/mol. The summed E-state index contributed by atoms with van der Waals surface area (Å²) in [6, 6.07) is 15.4. The van der Waals surface area contributed by atoms with E-state index in [9.17, 15) is 9.59 Å². The second-order valence-electron chi connectivity index (χ2n) is 5.88. The van der Waals surface area contributed by atoms with Gasteiger partial charge in [0.1, 0.15) is 0 Å². The highest BCUT2D eigenvalue weighted by molar-refractivity contribution is 6.08. The lowest BCUT2D eigenvalue weighted by Gasteiger charge is -2.10. The summed E-state index contributed by atoms with van der Waals surface area (Å²) in [7, 11) is 1.30. The number of ether oxygens (including phenoxy) is 1. The number of fused-ring (bicyclic) bond motifs is 1. The number of nitrogens with zero attached hydrogens (tertiary/aromatic N) is 4. The van der Waals surface area contributed by atoms with Crippen LogP contribution in [-0.4, -0.2) is 38.6 Å². The maximum atomic E-state index is 12.6. The number of rotatable bonds is 4. The third kappa shape index (κ3) is 3.18. The monoisotopic (exact) mass is 373 g/mol. The molecule has 2 heterocycles. The zero-order chi connectivity index (χ0) is 19.5. The Hall–Kier alpha value is -4.07. The Bertz CT molecular complexity index is 1170. The minimum Gasteiger partial charge on any atom is -0.465 e. The second-order valence-corrected chi connectivity index (χ2v) is 5.88. The van der Waals surface area contributed by atoms with Gasteiger partial charge < -0.3 is 10.1 Å². The first-order chi connectivity index (χ1) is 13.7. The predicted molar refractivity (Wildman–Crippen MR) is 102 cm³/mol. The molecule has 0 aliphatic carbocycles. The van der Waals surface area contributed by atoms with Gasteiger partial charge in [-0.2, -0.15) is 0 Å². The zero-order valence-electron chi connectivity index (χ0n) is 14.9. The van der Waals surface area contributed by atoms with Crippen LogP contribution in [0.1, 0.15) is 20.7 Å². The van der Waals surface area contributed by atoms with E-state index in [1.807, 2.05) is 6.20 Å². The Kier molecular flexibility index (Phi) is 4.51. The van der Waals surface area contributed by atoms with Gasteiger partial charge in [-0.25, -0.2) is 9.78 Å². The lowest BCUT2D eigenvalue weighted by Crippen LogP contribution is -2.15. The summed E-state index contributed by atoms with van der Waals surface area (Å²) < 4.78 is 6.51. The van der Waals surface area contributed by atoms with E-state index in [0.29, 0.717) is 22.9 Å². The summed E-state index contributed by atoms with van der Waals surface area (Å²) in [4.78, 5) is 28.6. The molecule has 1 amide bonds. The van der Waals surface area contributed by atoms with Crippen LogP contribution in [0.2, 0.25) is 0 Å². The number of methoxy groups -OCH3 is 1. The molecule has 0 saturated carbocycles. The first kappa shape index (κ1) is 17.3. The van der Waals surface area contributed by atoms with Gasteiger partial charge in [-0.1, -0.05) is 24.3 Å². The number of hydrogen-bond acceptors (Lipinski definition) is 6. The van der Waals surface area contributed by atoms with E-state index in [-0.39, 0.29) is 11.5 Å². The number of carbonyl (C=O) groups excluding carboxylic acids is 2. The number of hydrogen-bond donors (Lipinski definition) is 1. The fourth-order valence-electron chi connectivity index (χ4n) is 2.78. The third-order valence-corrected chi connectivity index (χ3v) is 4.17. The highest BCUT2D eigenvalue weighted by Gasteiger charge is 2.15. The number of carbonyl (C=O) groups is 2. The molecule has 0 atom stereocenters. The molecule has 0 fully saturated rings. The minimum atomic E-state index is -0.515. The normalized spacial score (nSPS) is 10.6. The Morgan fingerprint density at radius 1 is 1.00 bits per heavy atom. The molecule has 1 N–H and O–H groups in total. The molecular formula is C20H15N5O3. The van der Waals surface area contributed by atoms with Gasteiger partial charge in [-0.15, -0.1) is 10.2 Å². The van der Waals surface area contributed by atoms with Crippen LogP contribution in [0.5, 0.6) is 0 Å². The Balaban J connectivity index is 1.58. The van der Waals surface area contributed by atoms with Crippen molar-refractivity contribution >= 4 is 23.3 Å². The van der Waals surface area contributed by atoms with Crippen LogP contribution in [0.3, 0.4) is 0 Å². The number of amides is 1. The SMILES string of the molecule is COC(=O)c1ccccc1NC(=O)c1ccc(-c2nnc3ncccn23)cc1. The van der Waals surface area contributed by atoms with Crippen LogP contribution in [0, 0.1) is 0 Å². The first-order valence-electron chi connectivity index (χ1n) is 8.42. The maximum absolute atomic E-state index is 12.6. The van der Waals surface area contributed by atoms with Crippen molar-refractivity contribution in [1.82, 2.24) is 19.6 Å². The molecule has 8 heteroatoms. The number of esters is 1. The van der Waals surface area contributed by atoms with Crippen molar-refractivity contribution < 1.29 is 14.3 Å². The molecule has 4 rings (SSSR count). The van der Waals surface area contributed by atoms with Crippen molar-refractivity contribution in [2.24, 2.45) is 0 Å². The summed E-state index contributed by atoms with van der Waals surface area (Å²) in [6.45, 7) is 0. The second kappa shape index (κ2) is 7.28. The first-order valence-corrected chi connectivity index (χ1v) is 8.42. The van der Waals surface area contributed by atoms with Gasteiger partial charge in [-0.3, -0.25) is 9.20 Å².